The van der Waals surface area contributed by atoms with E-state index in [0.29, 0.717) is 29.6 Å². The van der Waals surface area contributed by atoms with Gasteiger partial charge in [-0.3, -0.25) is 9.97 Å². The van der Waals surface area contributed by atoms with E-state index < -0.39 is 17.7 Å². The van der Waals surface area contributed by atoms with Crippen LogP contribution in [0, 0.1) is 5.41 Å². The van der Waals surface area contributed by atoms with Crippen LogP contribution in [0.4, 0.5) is 17.5 Å². The van der Waals surface area contributed by atoms with Crippen LogP contribution >= 0.6 is 11.6 Å². The molecule has 2 aliphatic rings. The molecule has 0 aliphatic carbocycles. The van der Waals surface area contributed by atoms with Gasteiger partial charge in [0, 0.05) is 50.3 Å². The maximum atomic E-state index is 13.6. The standard InChI is InChI=1S/C37H45ClN8O3/c1-7-48-34(47)31(49-36(2,3)4)29-30(45-18-12-37(5,6)13-19-45)28(33(39)44-32(29)38)24-8-9-25-22-46(17-11-23(25)20-24)35-42-14-10-26(43-35)27-21-40-15-16-41-27/h8-10,14-16,20-21,31H,7,11-13,17-19,22H2,1-6H3,(H2,39,44). The number of carbonyl (C=O) groups is 1. The third-order valence-corrected chi connectivity index (χ3v) is 9.40. The van der Waals surface area contributed by atoms with Crippen LogP contribution in [-0.4, -0.2) is 62.7 Å². The molecule has 4 aromatic rings. The lowest BCUT2D eigenvalue weighted by atomic mass is 9.82. The van der Waals surface area contributed by atoms with Gasteiger partial charge in [-0.15, -0.1) is 0 Å². The number of fused-ring (bicyclic) bond motifs is 1. The summed E-state index contributed by atoms with van der Waals surface area (Å²) in [5.41, 5.74) is 13.0. The fraction of sp³-hybridized carbons (Fsp3) is 0.459. The summed E-state index contributed by atoms with van der Waals surface area (Å²) in [5, 5.41) is 0.140. The number of ether oxygens (including phenoxy) is 2. The highest BCUT2D eigenvalue weighted by atomic mass is 35.5. The first-order chi connectivity index (χ1) is 23.3. The zero-order valence-corrected chi connectivity index (χ0v) is 29.9. The highest BCUT2D eigenvalue weighted by Crippen LogP contribution is 2.47. The number of anilines is 3. The van der Waals surface area contributed by atoms with Gasteiger partial charge in [0.15, 0.2) is 6.10 Å². The van der Waals surface area contributed by atoms with E-state index in [4.69, 9.17) is 31.8 Å². The van der Waals surface area contributed by atoms with Crippen molar-refractivity contribution in [2.24, 2.45) is 5.41 Å². The first-order valence-corrected chi connectivity index (χ1v) is 17.3. The molecule has 1 fully saturated rings. The fourth-order valence-corrected chi connectivity index (χ4v) is 6.79. The van der Waals surface area contributed by atoms with Gasteiger partial charge in [0.25, 0.3) is 0 Å². The third-order valence-electron chi connectivity index (χ3n) is 9.11. The van der Waals surface area contributed by atoms with Gasteiger partial charge in [-0.25, -0.2) is 19.7 Å². The Labute approximate surface area is 293 Å². The Balaban J connectivity index is 1.41. The molecule has 2 N–H and O–H groups in total. The number of piperidine rings is 1. The van der Waals surface area contributed by atoms with E-state index in [1.54, 1.807) is 31.7 Å². The molecule has 0 radical (unpaired) electrons. The quantitative estimate of drug-likeness (QED) is 0.155. The van der Waals surface area contributed by atoms with E-state index >= 15 is 0 Å². The van der Waals surface area contributed by atoms with Crippen LogP contribution in [0.1, 0.15) is 77.2 Å². The van der Waals surface area contributed by atoms with Crippen LogP contribution in [0.3, 0.4) is 0 Å². The topological polar surface area (TPSA) is 132 Å². The molecule has 258 valence electrons. The zero-order chi connectivity index (χ0) is 34.9. The molecule has 2 aliphatic heterocycles. The number of aromatic nitrogens is 5. The predicted octanol–water partition coefficient (Wildman–Crippen LogP) is 6.84. The van der Waals surface area contributed by atoms with E-state index in [0.717, 1.165) is 61.4 Å². The van der Waals surface area contributed by atoms with Crippen molar-refractivity contribution in [1.82, 2.24) is 24.9 Å². The number of nitrogen functional groups attached to an aromatic ring is 1. The molecule has 6 rings (SSSR count). The molecule has 1 aromatic carbocycles. The number of nitrogens with two attached hydrogens (primary N) is 1. The van der Waals surface area contributed by atoms with E-state index in [-0.39, 0.29) is 17.2 Å². The SMILES string of the molecule is CCOC(=O)C(OC(C)(C)C)c1c(Cl)nc(N)c(-c2ccc3c(c2)CCN(c2nccc(-c4cnccn4)n2)C3)c1N1CCC(C)(C)CC1. The second-order valence-electron chi connectivity index (χ2n) is 14.4. The molecule has 1 atom stereocenters. The summed E-state index contributed by atoms with van der Waals surface area (Å²) in [5.74, 6) is 0.443. The normalized spacial score (nSPS) is 16.6. The summed E-state index contributed by atoms with van der Waals surface area (Å²) >= 11 is 6.95. The molecule has 0 saturated carbocycles. The summed E-state index contributed by atoms with van der Waals surface area (Å²) in [6.07, 6.45) is 8.38. The number of pyridine rings is 1. The summed E-state index contributed by atoms with van der Waals surface area (Å²) in [6, 6.07) is 8.24. The minimum Gasteiger partial charge on any atom is -0.464 e. The average molecular weight is 685 g/mol. The Morgan fingerprint density at radius 2 is 1.78 bits per heavy atom. The zero-order valence-electron chi connectivity index (χ0n) is 29.2. The molecule has 0 bridgehead atoms. The Bertz CT molecular complexity index is 1820. The van der Waals surface area contributed by atoms with Gasteiger partial charge in [0.05, 0.1) is 35.3 Å². The number of carbonyl (C=O) groups excluding carboxylic acids is 1. The first kappa shape index (κ1) is 34.5. The summed E-state index contributed by atoms with van der Waals surface area (Å²) in [4.78, 5) is 40.6. The molecule has 0 amide bonds. The Kier molecular flexibility index (Phi) is 9.77. The maximum absolute atomic E-state index is 13.6. The van der Waals surface area contributed by atoms with Crippen molar-refractivity contribution in [2.45, 2.75) is 79.1 Å². The molecule has 11 nitrogen and oxygen atoms in total. The number of esters is 1. The molecule has 1 saturated heterocycles. The minimum atomic E-state index is -1.09. The van der Waals surface area contributed by atoms with Crippen molar-refractivity contribution in [3.8, 4) is 22.5 Å². The third kappa shape index (κ3) is 7.63. The van der Waals surface area contributed by atoms with E-state index in [9.17, 15) is 4.79 Å². The highest BCUT2D eigenvalue weighted by Gasteiger charge is 2.38. The summed E-state index contributed by atoms with van der Waals surface area (Å²) in [6.45, 7) is 15.2. The van der Waals surface area contributed by atoms with Crippen LogP contribution in [0.25, 0.3) is 22.5 Å². The summed E-state index contributed by atoms with van der Waals surface area (Å²) < 4.78 is 12.0. The molecular formula is C37H45ClN8O3. The maximum Gasteiger partial charge on any atom is 0.340 e. The van der Waals surface area contributed by atoms with Crippen molar-refractivity contribution in [1.29, 1.82) is 0 Å². The van der Waals surface area contributed by atoms with Gasteiger partial charge in [-0.05, 0) is 75.1 Å². The van der Waals surface area contributed by atoms with Crippen molar-refractivity contribution in [2.75, 3.05) is 41.8 Å². The van der Waals surface area contributed by atoms with Gasteiger partial charge in [0.2, 0.25) is 5.95 Å². The lowest BCUT2D eigenvalue weighted by molar-refractivity contribution is -0.166. The Hall–Kier alpha value is -4.35. The number of nitrogens with zero attached hydrogens (tertiary/aromatic N) is 7. The molecule has 0 spiro atoms. The molecule has 49 heavy (non-hydrogen) atoms. The number of hydrogen-bond donors (Lipinski definition) is 1. The fourth-order valence-electron chi connectivity index (χ4n) is 6.51. The predicted molar refractivity (Wildman–Crippen MR) is 192 cm³/mol. The first-order valence-electron chi connectivity index (χ1n) is 16.9. The molecule has 3 aromatic heterocycles. The van der Waals surface area contributed by atoms with E-state index in [1.165, 1.54) is 11.1 Å². The van der Waals surface area contributed by atoms with Gasteiger partial charge < -0.3 is 25.0 Å². The minimum absolute atomic E-state index is 0.140. The lowest BCUT2D eigenvalue weighted by Crippen LogP contribution is -2.39. The van der Waals surface area contributed by atoms with Crippen molar-refractivity contribution < 1.29 is 14.3 Å². The average Bonchev–Trinajstić information content (AvgIpc) is 3.07. The number of rotatable bonds is 8. The summed E-state index contributed by atoms with van der Waals surface area (Å²) in [7, 11) is 0. The van der Waals surface area contributed by atoms with Crippen LogP contribution in [0.5, 0.6) is 0 Å². The lowest BCUT2D eigenvalue weighted by Gasteiger charge is -2.41. The van der Waals surface area contributed by atoms with Crippen molar-refractivity contribution in [3.63, 3.8) is 0 Å². The monoisotopic (exact) mass is 684 g/mol. The Morgan fingerprint density at radius 1 is 1.00 bits per heavy atom. The molecule has 1 unspecified atom stereocenters. The number of hydrogen-bond acceptors (Lipinski definition) is 11. The molecule has 5 heterocycles. The van der Waals surface area contributed by atoms with Crippen molar-refractivity contribution >= 4 is 35.0 Å². The number of halogens is 1. The van der Waals surface area contributed by atoms with Gasteiger partial charge >= 0.3 is 5.97 Å². The van der Waals surface area contributed by atoms with Gasteiger partial charge in [0.1, 0.15) is 16.7 Å². The van der Waals surface area contributed by atoms with Crippen LogP contribution in [0.2, 0.25) is 5.15 Å². The molecule has 12 heteroatoms. The van der Waals surface area contributed by atoms with E-state index in [1.807, 2.05) is 26.8 Å². The van der Waals surface area contributed by atoms with Crippen LogP contribution in [-0.2, 0) is 27.2 Å². The smallest absolute Gasteiger partial charge is 0.340 e. The second-order valence-corrected chi connectivity index (χ2v) is 14.8. The van der Waals surface area contributed by atoms with Gasteiger partial charge in [-0.2, -0.15) is 0 Å². The van der Waals surface area contributed by atoms with Crippen LogP contribution in [0.15, 0.2) is 49.1 Å². The molecular weight excluding hydrogens is 640 g/mol. The van der Waals surface area contributed by atoms with E-state index in [2.05, 4.69) is 61.8 Å². The highest BCUT2D eigenvalue weighted by molar-refractivity contribution is 6.31. The Morgan fingerprint density at radius 3 is 2.47 bits per heavy atom. The van der Waals surface area contributed by atoms with Crippen molar-refractivity contribution in [3.05, 3.63) is 70.9 Å². The largest absolute Gasteiger partial charge is 0.464 e. The number of benzene rings is 1. The van der Waals surface area contributed by atoms with Crippen LogP contribution < -0.4 is 15.5 Å². The second kappa shape index (κ2) is 13.9. The van der Waals surface area contributed by atoms with Gasteiger partial charge in [-0.1, -0.05) is 43.6 Å².